The molecule has 2 amide bonds. The van der Waals surface area contributed by atoms with E-state index in [1.165, 1.54) is 0 Å². The van der Waals surface area contributed by atoms with Crippen LogP contribution in [-0.2, 0) is 16.0 Å². The van der Waals surface area contributed by atoms with E-state index in [4.69, 9.17) is 0 Å². The minimum absolute atomic E-state index is 0.0696. The van der Waals surface area contributed by atoms with Crippen molar-refractivity contribution in [2.45, 2.75) is 44.9 Å². The Hall–Kier alpha value is -2.17. The summed E-state index contributed by atoms with van der Waals surface area (Å²) in [6, 6.07) is 5.89. The first kappa shape index (κ1) is 18.6. The fraction of sp³-hybridized carbons (Fsp3) is 0.571. The normalized spacial score (nSPS) is 23.3. The summed E-state index contributed by atoms with van der Waals surface area (Å²) in [4.78, 5) is 33.2. The van der Waals surface area contributed by atoms with E-state index in [0.29, 0.717) is 19.4 Å². The maximum absolute atomic E-state index is 12.4. The Kier molecular flexibility index (Phi) is 6.07. The predicted octanol–water partition coefficient (Wildman–Crippen LogP) is 2.82. The second-order valence-electron chi connectivity index (χ2n) is 7.63. The molecular formula is C21H29N3O2. The second kappa shape index (κ2) is 8.47. The fourth-order valence-corrected chi connectivity index (χ4v) is 4.24. The van der Waals surface area contributed by atoms with Crippen LogP contribution < -0.4 is 0 Å². The minimum Gasteiger partial charge on any atom is -0.342 e. The van der Waals surface area contributed by atoms with Crippen molar-refractivity contribution in [2.24, 2.45) is 5.41 Å². The van der Waals surface area contributed by atoms with Crippen molar-refractivity contribution >= 4 is 11.8 Å². The van der Waals surface area contributed by atoms with Gasteiger partial charge in [-0.15, -0.1) is 6.58 Å². The first-order valence-electron chi connectivity index (χ1n) is 9.68. The molecule has 1 aromatic rings. The number of amides is 2. The molecule has 0 N–H and O–H groups in total. The zero-order valence-corrected chi connectivity index (χ0v) is 15.5. The number of hydrogen-bond acceptors (Lipinski definition) is 3. The molecule has 2 saturated heterocycles. The number of piperidine rings is 2. The first-order chi connectivity index (χ1) is 12.6. The third-order valence-corrected chi connectivity index (χ3v) is 5.69. The summed E-state index contributed by atoms with van der Waals surface area (Å²) in [5.41, 5.74) is 1.09. The summed E-state index contributed by atoms with van der Waals surface area (Å²) >= 11 is 0. The molecule has 5 heteroatoms. The monoisotopic (exact) mass is 355 g/mol. The van der Waals surface area contributed by atoms with Crippen molar-refractivity contribution in [3.63, 3.8) is 0 Å². The molecule has 0 radical (unpaired) electrons. The summed E-state index contributed by atoms with van der Waals surface area (Å²) in [5.74, 6) is 0.461. The van der Waals surface area contributed by atoms with Crippen molar-refractivity contribution in [1.29, 1.82) is 0 Å². The van der Waals surface area contributed by atoms with Crippen LogP contribution in [0.25, 0.3) is 0 Å². The summed E-state index contributed by atoms with van der Waals surface area (Å²) < 4.78 is 0. The van der Waals surface area contributed by atoms with Crippen LogP contribution in [-0.4, -0.2) is 52.8 Å². The highest BCUT2D eigenvalue weighted by Crippen LogP contribution is 2.39. The molecule has 0 bridgehead atoms. The Morgan fingerprint density at radius 2 is 2.19 bits per heavy atom. The van der Waals surface area contributed by atoms with Gasteiger partial charge >= 0.3 is 0 Å². The summed E-state index contributed by atoms with van der Waals surface area (Å²) in [7, 11) is 0. The van der Waals surface area contributed by atoms with Gasteiger partial charge in [0.05, 0.1) is 0 Å². The Bertz CT molecular complexity index is 646. The number of allylic oxidation sites excluding steroid dienone is 1. The van der Waals surface area contributed by atoms with Gasteiger partial charge in [-0.3, -0.25) is 14.6 Å². The van der Waals surface area contributed by atoms with Crippen LogP contribution in [0.3, 0.4) is 0 Å². The molecule has 5 nitrogen and oxygen atoms in total. The highest BCUT2D eigenvalue weighted by Gasteiger charge is 2.42. The van der Waals surface area contributed by atoms with Crippen molar-refractivity contribution in [2.75, 3.05) is 26.2 Å². The SMILES string of the molecule is C=CCCC(=O)N1CCCC2(CCC(=O)N(CCc3ccccn3)C2)C1. The third-order valence-electron chi connectivity index (χ3n) is 5.69. The predicted molar refractivity (Wildman–Crippen MR) is 101 cm³/mol. The zero-order valence-electron chi connectivity index (χ0n) is 15.5. The number of hydrogen-bond donors (Lipinski definition) is 0. The summed E-state index contributed by atoms with van der Waals surface area (Å²) in [6.07, 6.45) is 9.28. The van der Waals surface area contributed by atoms with E-state index in [9.17, 15) is 9.59 Å². The number of aromatic nitrogens is 1. The quantitative estimate of drug-likeness (QED) is 0.738. The van der Waals surface area contributed by atoms with Crippen LogP contribution >= 0.6 is 0 Å². The summed E-state index contributed by atoms with van der Waals surface area (Å²) in [5, 5.41) is 0. The lowest BCUT2D eigenvalue weighted by atomic mass is 9.73. The minimum atomic E-state index is 0.0696. The average molecular weight is 355 g/mol. The van der Waals surface area contributed by atoms with E-state index < -0.39 is 0 Å². The molecule has 1 unspecified atom stereocenters. The maximum atomic E-state index is 12.4. The summed E-state index contributed by atoms with van der Waals surface area (Å²) in [6.45, 7) is 6.82. The fourth-order valence-electron chi connectivity index (χ4n) is 4.24. The lowest BCUT2D eigenvalue weighted by Crippen LogP contribution is -2.55. The lowest BCUT2D eigenvalue weighted by molar-refractivity contribution is -0.143. The van der Waals surface area contributed by atoms with Gasteiger partial charge in [-0.05, 0) is 37.8 Å². The molecule has 140 valence electrons. The van der Waals surface area contributed by atoms with Gasteiger partial charge in [-0.1, -0.05) is 12.1 Å². The molecular weight excluding hydrogens is 326 g/mol. The van der Waals surface area contributed by atoms with Crippen molar-refractivity contribution in [1.82, 2.24) is 14.8 Å². The van der Waals surface area contributed by atoms with Crippen LogP contribution in [0, 0.1) is 5.41 Å². The number of carbonyl (C=O) groups excluding carboxylic acids is 2. The first-order valence-corrected chi connectivity index (χ1v) is 9.68. The van der Waals surface area contributed by atoms with Crippen LogP contribution in [0.4, 0.5) is 0 Å². The van der Waals surface area contributed by atoms with Gasteiger partial charge in [-0.25, -0.2) is 0 Å². The van der Waals surface area contributed by atoms with Crippen LogP contribution in [0.15, 0.2) is 37.1 Å². The second-order valence-corrected chi connectivity index (χ2v) is 7.63. The van der Waals surface area contributed by atoms with Crippen LogP contribution in [0.1, 0.15) is 44.2 Å². The molecule has 1 atom stereocenters. The topological polar surface area (TPSA) is 53.5 Å². The lowest BCUT2D eigenvalue weighted by Gasteiger charge is -2.48. The largest absolute Gasteiger partial charge is 0.342 e. The molecule has 0 saturated carbocycles. The molecule has 0 aliphatic carbocycles. The van der Waals surface area contributed by atoms with Crippen molar-refractivity contribution < 1.29 is 9.59 Å². The van der Waals surface area contributed by atoms with E-state index in [1.54, 1.807) is 12.3 Å². The molecule has 3 heterocycles. The smallest absolute Gasteiger partial charge is 0.222 e. The van der Waals surface area contributed by atoms with Gasteiger partial charge in [0.2, 0.25) is 11.8 Å². The highest BCUT2D eigenvalue weighted by atomic mass is 16.2. The number of rotatable bonds is 6. The average Bonchev–Trinajstić information content (AvgIpc) is 2.68. The van der Waals surface area contributed by atoms with Gasteiger partial charge in [0.15, 0.2) is 0 Å². The van der Waals surface area contributed by atoms with E-state index in [-0.39, 0.29) is 17.2 Å². The molecule has 3 rings (SSSR count). The van der Waals surface area contributed by atoms with E-state index in [2.05, 4.69) is 11.6 Å². The van der Waals surface area contributed by atoms with E-state index in [1.807, 2.05) is 28.0 Å². The molecule has 0 aromatic carbocycles. The van der Waals surface area contributed by atoms with Crippen molar-refractivity contribution in [3.8, 4) is 0 Å². The number of nitrogens with zero attached hydrogens (tertiary/aromatic N) is 3. The molecule has 1 aromatic heterocycles. The molecule has 2 aliphatic rings. The van der Waals surface area contributed by atoms with Crippen LogP contribution in [0.5, 0.6) is 0 Å². The van der Waals surface area contributed by atoms with Gasteiger partial charge in [0.1, 0.15) is 0 Å². The van der Waals surface area contributed by atoms with E-state index >= 15 is 0 Å². The van der Waals surface area contributed by atoms with Gasteiger partial charge < -0.3 is 9.80 Å². The Morgan fingerprint density at radius 3 is 2.96 bits per heavy atom. The Labute approximate surface area is 156 Å². The highest BCUT2D eigenvalue weighted by molar-refractivity contribution is 5.78. The zero-order chi connectivity index (χ0) is 18.4. The van der Waals surface area contributed by atoms with Gasteiger partial charge in [0, 0.05) is 62.7 Å². The molecule has 2 aliphatic heterocycles. The molecule has 26 heavy (non-hydrogen) atoms. The number of pyridine rings is 1. The van der Waals surface area contributed by atoms with Gasteiger partial charge in [0.25, 0.3) is 0 Å². The standard InChI is InChI=1S/C21H29N3O2/c1-2-3-8-19(25)23-14-6-11-21(16-23)12-9-20(26)24(17-21)15-10-18-7-4-5-13-22-18/h2,4-5,7,13H,1,3,6,8-12,14-17H2. The maximum Gasteiger partial charge on any atom is 0.222 e. The van der Waals surface area contributed by atoms with Crippen molar-refractivity contribution in [3.05, 3.63) is 42.7 Å². The van der Waals surface area contributed by atoms with Crippen LogP contribution in [0.2, 0.25) is 0 Å². The molecule has 1 spiro atoms. The number of likely N-dealkylation sites (tertiary alicyclic amines) is 2. The Balaban J connectivity index is 1.61. The Morgan fingerprint density at radius 1 is 1.31 bits per heavy atom. The van der Waals surface area contributed by atoms with E-state index in [0.717, 1.165) is 57.4 Å². The van der Waals surface area contributed by atoms with Gasteiger partial charge in [-0.2, -0.15) is 0 Å². The number of carbonyl (C=O) groups is 2. The third kappa shape index (κ3) is 4.51. The molecule has 2 fully saturated rings.